The van der Waals surface area contributed by atoms with Gasteiger partial charge in [-0.2, -0.15) is 0 Å². The first-order chi connectivity index (χ1) is 11.5. The summed E-state index contributed by atoms with van der Waals surface area (Å²) in [6, 6.07) is 12.1. The van der Waals surface area contributed by atoms with E-state index in [2.05, 4.69) is 10.1 Å². The van der Waals surface area contributed by atoms with Crippen molar-refractivity contribution < 1.29 is 19.1 Å². The number of carbonyl (C=O) groups is 2. The van der Waals surface area contributed by atoms with E-state index in [1.165, 1.54) is 25.3 Å². The standard InChI is InChI=1S/C18H18ClNO4/c1-3-12-5-4-6-14(9-12)24-11-17(21)20-16-10-13(18(22)23-2)7-8-15(16)19/h4-10H,3,11H2,1-2H3,(H,20,21). The highest BCUT2D eigenvalue weighted by Crippen LogP contribution is 2.23. The second-order valence-corrected chi connectivity index (χ2v) is 5.43. The molecule has 0 aliphatic heterocycles. The molecule has 2 aromatic carbocycles. The Labute approximate surface area is 145 Å². The topological polar surface area (TPSA) is 64.6 Å². The highest BCUT2D eigenvalue weighted by atomic mass is 35.5. The van der Waals surface area contributed by atoms with Gasteiger partial charge in [0.2, 0.25) is 0 Å². The number of aryl methyl sites for hydroxylation is 1. The van der Waals surface area contributed by atoms with Crippen LogP contribution in [0.2, 0.25) is 5.02 Å². The molecule has 1 amide bonds. The number of benzene rings is 2. The van der Waals surface area contributed by atoms with Gasteiger partial charge in [0.05, 0.1) is 23.4 Å². The summed E-state index contributed by atoms with van der Waals surface area (Å²) in [5, 5.41) is 2.95. The Morgan fingerprint density at radius 3 is 2.67 bits per heavy atom. The molecule has 0 saturated heterocycles. The van der Waals surface area contributed by atoms with Crippen LogP contribution >= 0.6 is 11.6 Å². The summed E-state index contributed by atoms with van der Waals surface area (Å²) in [6.07, 6.45) is 0.888. The number of esters is 1. The van der Waals surface area contributed by atoms with Gasteiger partial charge in [-0.05, 0) is 42.3 Å². The van der Waals surface area contributed by atoms with Gasteiger partial charge in [-0.25, -0.2) is 4.79 Å². The van der Waals surface area contributed by atoms with Gasteiger partial charge in [0, 0.05) is 0 Å². The highest BCUT2D eigenvalue weighted by Gasteiger charge is 2.11. The fourth-order valence-corrected chi connectivity index (χ4v) is 2.22. The van der Waals surface area contributed by atoms with Crippen molar-refractivity contribution in [3.8, 4) is 5.75 Å². The van der Waals surface area contributed by atoms with Crippen molar-refractivity contribution in [1.82, 2.24) is 0 Å². The number of hydrogen-bond donors (Lipinski definition) is 1. The minimum absolute atomic E-state index is 0.161. The van der Waals surface area contributed by atoms with Gasteiger partial charge < -0.3 is 14.8 Å². The molecule has 0 atom stereocenters. The first-order valence-corrected chi connectivity index (χ1v) is 7.80. The normalized spacial score (nSPS) is 10.1. The molecule has 0 aliphatic rings. The summed E-state index contributed by atoms with van der Waals surface area (Å²) in [5.41, 5.74) is 1.76. The molecule has 0 aromatic heterocycles. The third-order valence-corrected chi connectivity index (χ3v) is 3.67. The molecule has 126 valence electrons. The average Bonchev–Trinajstić information content (AvgIpc) is 2.61. The van der Waals surface area contributed by atoms with E-state index >= 15 is 0 Å². The van der Waals surface area contributed by atoms with E-state index in [0.29, 0.717) is 22.0 Å². The third kappa shape index (κ3) is 4.73. The number of ether oxygens (including phenoxy) is 2. The molecule has 2 rings (SSSR count). The Hall–Kier alpha value is -2.53. The smallest absolute Gasteiger partial charge is 0.337 e. The maximum absolute atomic E-state index is 12.0. The molecule has 0 aliphatic carbocycles. The van der Waals surface area contributed by atoms with Crippen LogP contribution in [-0.4, -0.2) is 25.6 Å². The Morgan fingerprint density at radius 1 is 1.17 bits per heavy atom. The van der Waals surface area contributed by atoms with Gasteiger partial charge >= 0.3 is 5.97 Å². The van der Waals surface area contributed by atoms with Crippen molar-refractivity contribution >= 4 is 29.2 Å². The van der Waals surface area contributed by atoms with Crippen LogP contribution in [0.4, 0.5) is 5.69 Å². The molecule has 0 saturated carbocycles. The fraction of sp³-hybridized carbons (Fsp3) is 0.222. The number of amides is 1. The molecule has 24 heavy (non-hydrogen) atoms. The maximum atomic E-state index is 12.0. The van der Waals surface area contributed by atoms with E-state index in [1.54, 1.807) is 6.07 Å². The summed E-state index contributed by atoms with van der Waals surface area (Å²) in [4.78, 5) is 23.6. The first-order valence-electron chi connectivity index (χ1n) is 7.43. The van der Waals surface area contributed by atoms with Crippen LogP contribution < -0.4 is 10.1 Å². The summed E-state index contributed by atoms with van der Waals surface area (Å²) in [5.74, 6) is -0.255. The fourth-order valence-electron chi connectivity index (χ4n) is 2.06. The maximum Gasteiger partial charge on any atom is 0.337 e. The van der Waals surface area contributed by atoms with Gasteiger partial charge in [-0.15, -0.1) is 0 Å². The molecule has 2 aromatic rings. The van der Waals surface area contributed by atoms with E-state index < -0.39 is 5.97 Å². The molecule has 0 heterocycles. The van der Waals surface area contributed by atoms with Gasteiger partial charge in [0.15, 0.2) is 6.61 Å². The van der Waals surface area contributed by atoms with E-state index in [4.69, 9.17) is 16.3 Å². The zero-order chi connectivity index (χ0) is 17.5. The lowest BCUT2D eigenvalue weighted by Crippen LogP contribution is -2.20. The highest BCUT2D eigenvalue weighted by molar-refractivity contribution is 6.33. The van der Waals surface area contributed by atoms with Gasteiger partial charge in [0.1, 0.15) is 5.75 Å². The number of carbonyl (C=O) groups excluding carboxylic acids is 2. The van der Waals surface area contributed by atoms with Crippen molar-refractivity contribution in [2.45, 2.75) is 13.3 Å². The molecular weight excluding hydrogens is 330 g/mol. The largest absolute Gasteiger partial charge is 0.484 e. The molecular formula is C18H18ClNO4. The third-order valence-electron chi connectivity index (χ3n) is 3.34. The van der Waals surface area contributed by atoms with Crippen LogP contribution in [0.15, 0.2) is 42.5 Å². The molecule has 0 fully saturated rings. The molecule has 1 N–H and O–H groups in total. The van der Waals surface area contributed by atoms with Crippen LogP contribution in [0.1, 0.15) is 22.8 Å². The number of rotatable bonds is 6. The van der Waals surface area contributed by atoms with Crippen molar-refractivity contribution in [1.29, 1.82) is 0 Å². The molecule has 0 bridgehead atoms. The van der Waals surface area contributed by atoms with Gasteiger partial charge in [-0.1, -0.05) is 30.7 Å². The lowest BCUT2D eigenvalue weighted by atomic mass is 10.2. The molecule has 0 unspecified atom stereocenters. The lowest BCUT2D eigenvalue weighted by Gasteiger charge is -2.10. The van der Waals surface area contributed by atoms with E-state index in [0.717, 1.165) is 12.0 Å². The monoisotopic (exact) mass is 347 g/mol. The molecule has 0 spiro atoms. The van der Waals surface area contributed by atoms with Crippen LogP contribution in [0, 0.1) is 0 Å². The first kappa shape index (κ1) is 17.8. The van der Waals surface area contributed by atoms with E-state index in [1.807, 2.05) is 25.1 Å². The molecule has 0 radical (unpaired) electrons. The Morgan fingerprint density at radius 2 is 1.96 bits per heavy atom. The quantitative estimate of drug-likeness (QED) is 0.809. The van der Waals surface area contributed by atoms with Crippen molar-refractivity contribution in [2.24, 2.45) is 0 Å². The number of methoxy groups -OCH3 is 1. The summed E-state index contributed by atoms with van der Waals surface area (Å²) in [6.45, 7) is 1.88. The number of halogens is 1. The lowest BCUT2D eigenvalue weighted by molar-refractivity contribution is -0.118. The number of nitrogens with one attached hydrogen (secondary N) is 1. The van der Waals surface area contributed by atoms with Crippen LogP contribution in [0.25, 0.3) is 0 Å². The predicted octanol–water partition coefficient (Wildman–Crippen LogP) is 3.71. The van der Waals surface area contributed by atoms with E-state index in [-0.39, 0.29) is 12.5 Å². The van der Waals surface area contributed by atoms with Crippen LogP contribution in [-0.2, 0) is 16.0 Å². The van der Waals surface area contributed by atoms with Crippen molar-refractivity contribution in [3.63, 3.8) is 0 Å². The number of anilines is 1. The van der Waals surface area contributed by atoms with Gasteiger partial charge in [0.25, 0.3) is 5.91 Å². The van der Waals surface area contributed by atoms with Crippen molar-refractivity contribution in [2.75, 3.05) is 19.0 Å². The molecule has 5 nitrogen and oxygen atoms in total. The summed E-state index contributed by atoms with van der Waals surface area (Å²) < 4.78 is 10.1. The van der Waals surface area contributed by atoms with Crippen LogP contribution in [0.3, 0.4) is 0 Å². The minimum atomic E-state index is -0.505. The second kappa shape index (κ2) is 8.36. The average molecular weight is 348 g/mol. The van der Waals surface area contributed by atoms with Crippen molar-refractivity contribution in [3.05, 3.63) is 58.6 Å². The Kier molecular flexibility index (Phi) is 6.21. The Balaban J connectivity index is 2.00. The minimum Gasteiger partial charge on any atom is -0.484 e. The predicted molar refractivity (Wildman–Crippen MR) is 92.7 cm³/mol. The Bertz CT molecular complexity index is 746. The SMILES string of the molecule is CCc1cccc(OCC(=O)Nc2cc(C(=O)OC)ccc2Cl)c1. The van der Waals surface area contributed by atoms with E-state index in [9.17, 15) is 9.59 Å². The zero-order valence-corrected chi connectivity index (χ0v) is 14.2. The zero-order valence-electron chi connectivity index (χ0n) is 13.5. The summed E-state index contributed by atoms with van der Waals surface area (Å²) in [7, 11) is 1.29. The number of hydrogen-bond acceptors (Lipinski definition) is 4. The molecule has 6 heteroatoms. The van der Waals surface area contributed by atoms with Gasteiger partial charge in [-0.3, -0.25) is 4.79 Å². The van der Waals surface area contributed by atoms with Crippen LogP contribution in [0.5, 0.6) is 5.75 Å². The summed E-state index contributed by atoms with van der Waals surface area (Å²) >= 11 is 6.04. The second-order valence-electron chi connectivity index (χ2n) is 5.02.